The van der Waals surface area contributed by atoms with Crippen molar-refractivity contribution in [2.24, 2.45) is 0 Å². The Balaban J connectivity index is 1.30. The number of aromatic nitrogens is 1. The van der Waals surface area contributed by atoms with Crippen LogP contribution in [0.1, 0.15) is 10.4 Å². The van der Waals surface area contributed by atoms with Crippen LogP contribution < -0.4 is 10.6 Å². The SMILES string of the molecule is O=C(CSc1ccc(NC(=O)c2ccccc2F)cc1)Nc1nc2ccccc2s1. The van der Waals surface area contributed by atoms with Crippen LogP contribution in [0.2, 0.25) is 0 Å². The molecule has 0 fully saturated rings. The zero-order chi connectivity index (χ0) is 20.9. The molecule has 5 nitrogen and oxygen atoms in total. The van der Waals surface area contributed by atoms with Gasteiger partial charge in [0, 0.05) is 10.6 Å². The number of hydrogen-bond acceptors (Lipinski definition) is 5. The molecule has 0 saturated carbocycles. The number of nitrogens with one attached hydrogen (secondary N) is 2. The molecule has 1 heterocycles. The molecule has 0 aliphatic rings. The molecule has 4 rings (SSSR count). The predicted octanol–water partition coefficient (Wildman–Crippen LogP) is 5.42. The number of fused-ring (bicyclic) bond motifs is 1. The van der Waals surface area contributed by atoms with Crippen molar-refractivity contribution in [3.05, 3.63) is 84.2 Å². The second-order valence-electron chi connectivity index (χ2n) is 6.28. The minimum atomic E-state index is -0.568. The summed E-state index contributed by atoms with van der Waals surface area (Å²) in [6.07, 6.45) is 0. The summed E-state index contributed by atoms with van der Waals surface area (Å²) < 4.78 is 14.7. The summed E-state index contributed by atoms with van der Waals surface area (Å²) in [6.45, 7) is 0. The van der Waals surface area contributed by atoms with Crippen LogP contribution in [0.3, 0.4) is 0 Å². The summed E-state index contributed by atoms with van der Waals surface area (Å²) in [5, 5.41) is 6.06. The van der Waals surface area contributed by atoms with E-state index in [0.29, 0.717) is 10.8 Å². The maximum atomic E-state index is 13.7. The third kappa shape index (κ3) is 4.84. The topological polar surface area (TPSA) is 71.1 Å². The highest BCUT2D eigenvalue weighted by atomic mass is 32.2. The first-order valence-corrected chi connectivity index (χ1v) is 10.8. The van der Waals surface area contributed by atoms with Crippen LogP contribution in [0, 0.1) is 5.82 Å². The summed E-state index contributed by atoms with van der Waals surface area (Å²) in [6, 6.07) is 20.6. The second kappa shape index (κ2) is 9.06. The van der Waals surface area contributed by atoms with Crippen molar-refractivity contribution in [2.45, 2.75) is 4.90 Å². The Kier molecular flexibility index (Phi) is 6.06. The third-order valence-corrected chi connectivity index (χ3v) is 6.10. The molecule has 4 aromatic rings. The molecular weight excluding hydrogens is 421 g/mol. The fourth-order valence-corrected chi connectivity index (χ4v) is 4.29. The van der Waals surface area contributed by atoms with Gasteiger partial charge in [-0.3, -0.25) is 9.59 Å². The monoisotopic (exact) mass is 437 g/mol. The quantitative estimate of drug-likeness (QED) is 0.395. The minimum absolute atomic E-state index is 0.0116. The molecule has 1 aromatic heterocycles. The number of carbonyl (C=O) groups excluding carboxylic acids is 2. The number of carbonyl (C=O) groups is 2. The predicted molar refractivity (Wildman–Crippen MR) is 120 cm³/mol. The fourth-order valence-electron chi connectivity index (χ4n) is 2.71. The van der Waals surface area contributed by atoms with E-state index in [1.54, 1.807) is 30.3 Å². The average Bonchev–Trinajstić information content (AvgIpc) is 3.15. The maximum absolute atomic E-state index is 13.7. The highest BCUT2D eigenvalue weighted by Gasteiger charge is 2.11. The van der Waals surface area contributed by atoms with Gasteiger partial charge in [-0.05, 0) is 48.5 Å². The lowest BCUT2D eigenvalue weighted by Crippen LogP contribution is -2.14. The summed E-state index contributed by atoms with van der Waals surface area (Å²) >= 11 is 2.81. The normalized spacial score (nSPS) is 10.7. The molecule has 2 amide bonds. The molecule has 30 heavy (non-hydrogen) atoms. The van der Waals surface area contributed by atoms with E-state index >= 15 is 0 Å². The number of thioether (sulfide) groups is 1. The van der Waals surface area contributed by atoms with Crippen molar-refractivity contribution in [1.29, 1.82) is 0 Å². The molecule has 8 heteroatoms. The Hall–Kier alpha value is -3.23. The van der Waals surface area contributed by atoms with Gasteiger partial charge in [0.2, 0.25) is 5.91 Å². The van der Waals surface area contributed by atoms with Gasteiger partial charge in [-0.15, -0.1) is 11.8 Å². The van der Waals surface area contributed by atoms with Crippen molar-refractivity contribution >= 4 is 55.9 Å². The van der Waals surface area contributed by atoms with E-state index < -0.39 is 11.7 Å². The highest BCUT2D eigenvalue weighted by molar-refractivity contribution is 8.00. The maximum Gasteiger partial charge on any atom is 0.258 e. The van der Waals surface area contributed by atoms with Gasteiger partial charge in [0.15, 0.2) is 5.13 Å². The molecule has 0 aliphatic heterocycles. The van der Waals surface area contributed by atoms with Gasteiger partial charge in [0.1, 0.15) is 5.82 Å². The molecule has 0 unspecified atom stereocenters. The summed E-state index contributed by atoms with van der Waals surface area (Å²) in [5.41, 5.74) is 1.40. The van der Waals surface area contributed by atoms with Crippen LogP contribution in [-0.4, -0.2) is 22.6 Å². The second-order valence-corrected chi connectivity index (χ2v) is 8.36. The van der Waals surface area contributed by atoms with Crippen molar-refractivity contribution in [2.75, 3.05) is 16.4 Å². The average molecular weight is 438 g/mol. The van der Waals surface area contributed by atoms with Crippen LogP contribution in [-0.2, 0) is 4.79 Å². The highest BCUT2D eigenvalue weighted by Crippen LogP contribution is 2.26. The number of amides is 2. The first-order valence-electron chi connectivity index (χ1n) is 9.03. The number of thiazole rings is 1. The molecule has 2 N–H and O–H groups in total. The number of para-hydroxylation sites is 1. The van der Waals surface area contributed by atoms with E-state index in [-0.39, 0.29) is 17.2 Å². The number of halogens is 1. The van der Waals surface area contributed by atoms with Gasteiger partial charge >= 0.3 is 0 Å². The minimum Gasteiger partial charge on any atom is -0.322 e. The summed E-state index contributed by atoms with van der Waals surface area (Å²) in [7, 11) is 0. The zero-order valence-corrected chi connectivity index (χ0v) is 17.2. The fraction of sp³-hybridized carbons (Fsp3) is 0.0455. The Morgan fingerprint density at radius 1 is 0.933 bits per heavy atom. The van der Waals surface area contributed by atoms with Crippen molar-refractivity contribution in [3.8, 4) is 0 Å². The van der Waals surface area contributed by atoms with Gasteiger partial charge in [0.25, 0.3) is 5.91 Å². The van der Waals surface area contributed by atoms with Crippen LogP contribution in [0.5, 0.6) is 0 Å². The van der Waals surface area contributed by atoms with Gasteiger partial charge in [-0.25, -0.2) is 9.37 Å². The lowest BCUT2D eigenvalue weighted by Gasteiger charge is -2.07. The number of anilines is 2. The molecule has 0 spiro atoms. The Morgan fingerprint density at radius 3 is 2.43 bits per heavy atom. The largest absolute Gasteiger partial charge is 0.322 e. The van der Waals surface area contributed by atoms with Gasteiger partial charge in [-0.2, -0.15) is 0 Å². The van der Waals surface area contributed by atoms with Gasteiger partial charge < -0.3 is 10.6 Å². The van der Waals surface area contributed by atoms with Crippen molar-refractivity contribution in [3.63, 3.8) is 0 Å². The first kappa shape index (κ1) is 20.1. The Labute approximate surface area is 180 Å². The summed E-state index contributed by atoms with van der Waals surface area (Å²) in [5.74, 6) is -0.988. The van der Waals surface area contributed by atoms with Crippen LogP contribution in [0.4, 0.5) is 15.2 Å². The Bertz CT molecular complexity index is 1180. The van der Waals surface area contributed by atoms with Crippen molar-refractivity contribution < 1.29 is 14.0 Å². The Morgan fingerprint density at radius 2 is 1.67 bits per heavy atom. The molecular formula is C22H16FN3O2S2. The third-order valence-electron chi connectivity index (χ3n) is 4.14. The zero-order valence-electron chi connectivity index (χ0n) is 15.6. The number of nitrogens with zero attached hydrogens (tertiary/aromatic N) is 1. The van der Waals surface area contributed by atoms with Crippen LogP contribution >= 0.6 is 23.1 Å². The smallest absolute Gasteiger partial charge is 0.258 e. The summed E-state index contributed by atoms with van der Waals surface area (Å²) in [4.78, 5) is 29.6. The van der Waals surface area contributed by atoms with E-state index in [1.807, 2.05) is 24.3 Å². The lowest BCUT2D eigenvalue weighted by atomic mass is 10.2. The standard InChI is InChI=1S/C22H16FN3O2S2/c23-17-6-2-1-5-16(17)21(28)24-14-9-11-15(12-10-14)29-13-20(27)26-22-25-18-7-3-4-8-19(18)30-22/h1-12H,13H2,(H,24,28)(H,25,26,27). The van der Waals surface area contributed by atoms with E-state index in [9.17, 15) is 14.0 Å². The number of benzene rings is 3. The van der Waals surface area contributed by atoms with E-state index in [4.69, 9.17) is 0 Å². The molecule has 150 valence electrons. The number of hydrogen-bond donors (Lipinski definition) is 2. The molecule has 0 radical (unpaired) electrons. The molecule has 0 saturated heterocycles. The molecule has 0 aliphatic carbocycles. The van der Waals surface area contributed by atoms with E-state index in [0.717, 1.165) is 15.1 Å². The van der Waals surface area contributed by atoms with Crippen molar-refractivity contribution in [1.82, 2.24) is 4.98 Å². The van der Waals surface area contributed by atoms with E-state index in [2.05, 4.69) is 15.6 Å². The van der Waals surface area contributed by atoms with Crippen LogP contribution in [0.25, 0.3) is 10.2 Å². The molecule has 0 atom stereocenters. The molecule has 0 bridgehead atoms. The van der Waals surface area contributed by atoms with Gasteiger partial charge in [-0.1, -0.05) is 35.6 Å². The first-order chi connectivity index (χ1) is 14.6. The van der Waals surface area contributed by atoms with Gasteiger partial charge in [0.05, 0.1) is 21.5 Å². The lowest BCUT2D eigenvalue weighted by molar-refractivity contribution is -0.113. The van der Waals surface area contributed by atoms with Crippen LogP contribution in [0.15, 0.2) is 77.7 Å². The molecule has 3 aromatic carbocycles. The number of rotatable bonds is 6. The van der Waals surface area contributed by atoms with E-state index in [1.165, 1.54) is 41.3 Å².